The number of nitrogens with zero attached hydrogens (tertiary/aromatic N) is 2. The van der Waals surface area contributed by atoms with Crippen molar-refractivity contribution in [1.29, 1.82) is 0 Å². The summed E-state index contributed by atoms with van der Waals surface area (Å²) in [4.78, 5) is 22.9. The highest BCUT2D eigenvalue weighted by molar-refractivity contribution is 5.82. The predicted molar refractivity (Wildman–Crippen MR) is 72.1 cm³/mol. The van der Waals surface area contributed by atoms with Crippen molar-refractivity contribution < 1.29 is 9.59 Å². The van der Waals surface area contributed by atoms with Gasteiger partial charge in [-0.2, -0.15) is 5.10 Å². The molecule has 1 heterocycles. The molecule has 0 aromatic carbocycles. The van der Waals surface area contributed by atoms with Gasteiger partial charge >= 0.3 is 0 Å². The molecule has 0 fully saturated rings. The maximum Gasteiger partial charge on any atom is 0.241 e. The fraction of sp³-hybridized carbons (Fsp3) is 0.583. The number of nitrogens with one attached hydrogen (secondary N) is 1. The number of carbonyl (C=O) groups is 2. The molecule has 7 nitrogen and oxygen atoms in total. The van der Waals surface area contributed by atoms with Gasteiger partial charge in [0, 0.05) is 6.54 Å². The van der Waals surface area contributed by atoms with E-state index < -0.39 is 11.3 Å². The summed E-state index contributed by atoms with van der Waals surface area (Å²) in [7, 11) is 0. The number of hydrogen-bond donors (Lipinski definition) is 3. The topological polar surface area (TPSA) is 116 Å². The number of carbonyl (C=O) groups excluding carboxylic acids is 2. The van der Waals surface area contributed by atoms with Gasteiger partial charge in [0.15, 0.2) is 0 Å². The van der Waals surface area contributed by atoms with Crippen LogP contribution in [-0.2, 0) is 16.1 Å². The highest BCUT2D eigenvalue weighted by Crippen LogP contribution is 2.15. The molecular formula is C12H21N5O2. The summed E-state index contributed by atoms with van der Waals surface area (Å²) in [5.41, 5.74) is 12.3. The number of nitrogen functional groups attached to an aromatic ring is 1. The van der Waals surface area contributed by atoms with Crippen LogP contribution in [0.3, 0.4) is 0 Å². The molecule has 0 aliphatic carbocycles. The molecule has 0 saturated heterocycles. The summed E-state index contributed by atoms with van der Waals surface area (Å²) in [5.74, 6) is -0.692. The second kappa shape index (κ2) is 5.29. The van der Waals surface area contributed by atoms with Crippen LogP contribution in [0.25, 0.3) is 0 Å². The van der Waals surface area contributed by atoms with Gasteiger partial charge in [0.2, 0.25) is 11.8 Å². The van der Waals surface area contributed by atoms with Crippen LogP contribution in [-0.4, -0.2) is 28.1 Å². The second-order valence-corrected chi connectivity index (χ2v) is 5.27. The van der Waals surface area contributed by atoms with Crippen LogP contribution in [0.2, 0.25) is 0 Å². The van der Waals surface area contributed by atoms with Gasteiger partial charge in [0.05, 0.1) is 22.5 Å². The number of nitrogens with two attached hydrogens (primary N) is 2. The minimum absolute atomic E-state index is 0.0682. The number of primary amides is 1. The number of amides is 2. The Labute approximate surface area is 112 Å². The van der Waals surface area contributed by atoms with Crippen LogP contribution in [0.1, 0.15) is 25.2 Å². The maximum absolute atomic E-state index is 11.8. The van der Waals surface area contributed by atoms with E-state index in [1.807, 2.05) is 0 Å². The zero-order chi connectivity index (χ0) is 14.8. The average Bonchev–Trinajstić information content (AvgIpc) is 2.54. The summed E-state index contributed by atoms with van der Waals surface area (Å²) in [6.45, 7) is 7.20. The van der Waals surface area contributed by atoms with Crippen molar-refractivity contribution in [3.05, 3.63) is 11.4 Å². The van der Waals surface area contributed by atoms with Crippen LogP contribution in [0, 0.1) is 19.3 Å². The highest BCUT2D eigenvalue weighted by Gasteiger charge is 2.25. The van der Waals surface area contributed by atoms with E-state index >= 15 is 0 Å². The zero-order valence-electron chi connectivity index (χ0n) is 11.8. The summed E-state index contributed by atoms with van der Waals surface area (Å²) >= 11 is 0. The third-order valence-electron chi connectivity index (χ3n) is 3.13. The third kappa shape index (κ3) is 3.46. The molecule has 1 aromatic heterocycles. The minimum atomic E-state index is -0.774. The van der Waals surface area contributed by atoms with Crippen molar-refractivity contribution in [3.8, 4) is 0 Å². The van der Waals surface area contributed by atoms with Gasteiger partial charge in [-0.25, -0.2) is 0 Å². The zero-order valence-corrected chi connectivity index (χ0v) is 11.8. The predicted octanol–water partition coefficient (Wildman–Crippen LogP) is -0.290. The Bertz CT molecular complexity index is 504. The van der Waals surface area contributed by atoms with Crippen LogP contribution < -0.4 is 16.8 Å². The number of rotatable bonds is 5. The smallest absolute Gasteiger partial charge is 0.241 e. The lowest BCUT2D eigenvalue weighted by Crippen LogP contribution is -2.43. The summed E-state index contributed by atoms with van der Waals surface area (Å²) < 4.78 is 1.54. The van der Waals surface area contributed by atoms with Crippen molar-refractivity contribution in [2.75, 3.05) is 12.3 Å². The maximum atomic E-state index is 11.8. The molecule has 1 rings (SSSR count). The largest absolute Gasteiger partial charge is 0.396 e. The fourth-order valence-electron chi connectivity index (χ4n) is 1.46. The number of hydrogen-bond acceptors (Lipinski definition) is 4. The Kier molecular flexibility index (Phi) is 4.18. The van der Waals surface area contributed by atoms with Crippen molar-refractivity contribution in [2.45, 2.75) is 34.2 Å². The normalized spacial score (nSPS) is 11.4. The lowest BCUT2D eigenvalue weighted by atomic mass is 9.93. The van der Waals surface area contributed by atoms with Gasteiger partial charge in [-0.05, 0) is 27.7 Å². The molecule has 5 N–H and O–H groups in total. The first-order chi connectivity index (χ1) is 8.65. The monoisotopic (exact) mass is 267 g/mol. The Balaban J connectivity index is 2.62. The van der Waals surface area contributed by atoms with Crippen LogP contribution in [0.5, 0.6) is 0 Å². The summed E-state index contributed by atoms with van der Waals surface area (Å²) in [6, 6.07) is 0. The van der Waals surface area contributed by atoms with E-state index in [1.54, 1.807) is 27.7 Å². The van der Waals surface area contributed by atoms with Crippen LogP contribution in [0.4, 0.5) is 5.69 Å². The standard InChI is InChI=1S/C12H21N5O2/c1-7-10(13)8(2)17(16-7)5-9(18)15-6-12(3,4)11(14)19/h5-6,13H2,1-4H3,(H2,14,19)(H,15,18). The van der Waals surface area contributed by atoms with E-state index in [0.717, 1.165) is 5.69 Å². The van der Waals surface area contributed by atoms with Crippen molar-refractivity contribution in [1.82, 2.24) is 15.1 Å². The number of aromatic nitrogens is 2. The van der Waals surface area contributed by atoms with E-state index in [4.69, 9.17) is 11.5 Å². The molecule has 0 aliphatic heterocycles. The van der Waals surface area contributed by atoms with Crippen LogP contribution in [0.15, 0.2) is 0 Å². The van der Waals surface area contributed by atoms with Gasteiger partial charge in [0.1, 0.15) is 6.54 Å². The Morgan fingerprint density at radius 2 is 1.95 bits per heavy atom. The first kappa shape index (κ1) is 15.0. The van der Waals surface area contributed by atoms with E-state index in [2.05, 4.69) is 10.4 Å². The molecule has 1 aromatic rings. The lowest BCUT2D eigenvalue weighted by Gasteiger charge is -2.20. The number of aryl methyl sites for hydroxylation is 1. The van der Waals surface area contributed by atoms with Gasteiger partial charge < -0.3 is 16.8 Å². The van der Waals surface area contributed by atoms with Crippen LogP contribution >= 0.6 is 0 Å². The molecule has 0 saturated carbocycles. The molecule has 2 amide bonds. The summed E-state index contributed by atoms with van der Waals surface area (Å²) in [6.07, 6.45) is 0. The van der Waals surface area contributed by atoms with Crippen molar-refractivity contribution in [2.24, 2.45) is 11.1 Å². The van der Waals surface area contributed by atoms with Crippen molar-refractivity contribution >= 4 is 17.5 Å². The van der Waals surface area contributed by atoms with Crippen molar-refractivity contribution in [3.63, 3.8) is 0 Å². The highest BCUT2D eigenvalue weighted by atomic mass is 16.2. The average molecular weight is 267 g/mol. The molecule has 0 bridgehead atoms. The van der Waals surface area contributed by atoms with E-state index in [-0.39, 0.29) is 19.0 Å². The fourth-order valence-corrected chi connectivity index (χ4v) is 1.46. The lowest BCUT2D eigenvalue weighted by molar-refractivity contribution is -0.127. The molecule has 0 spiro atoms. The molecule has 0 radical (unpaired) electrons. The van der Waals surface area contributed by atoms with Gasteiger partial charge in [0.25, 0.3) is 0 Å². The van der Waals surface area contributed by atoms with Gasteiger partial charge in [-0.1, -0.05) is 0 Å². The molecule has 0 aliphatic rings. The van der Waals surface area contributed by atoms with E-state index in [9.17, 15) is 9.59 Å². The number of anilines is 1. The molecular weight excluding hydrogens is 246 g/mol. The molecule has 0 atom stereocenters. The Morgan fingerprint density at radius 1 is 1.37 bits per heavy atom. The second-order valence-electron chi connectivity index (χ2n) is 5.27. The summed E-state index contributed by atoms with van der Waals surface area (Å²) in [5, 5.41) is 6.84. The molecule has 0 unspecified atom stereocenters. The van der Waals surface area contributed by atoms with E-state index in [1.165, 1.54) is 4.68 Å². The molecule has 106 valence electrons. The van der Waals surface area contributed by atoms with E-state index in [0.29, 0.717) is 11.4 Å². The Hall–Kier alpha value is -2.05. The van der Waals surface area contributed by atoms with Gasteiger partial charge in [-0.15, -0.1) is 0 Å². The first-order valence-electron chi connectivity index (χ1n) is 6.01. The van der Waals surface area contributed by atoms with Gasteiger partial charge in [-0.3, -0.25) is 14.3 Å². The minimum Gasteiger partial charge on any atom is -0.396 e. The molecule has 7 heteroatoms. The Morgan fingerprint density at radius 3 is 2.37 bits per heavy atom. The quantitative estimate of drug-likeness (QED) is 0.679. The first-order valence-corrected chi connectivity index (χ1v) is 6.01. The third-order valence-corrected chi connectivity index (χ3v) is 3.13. The SMILES string of the molecule is Cc1nn(CC(=O)NCC(C)(C)C(N)=O)c(C)c1N. The molecule has 19 heavy (non-hydrogen) atoms.